The van der Waals surface area contributed by atoms with Crippen LogP contribution in [0.15, 0.2) is 48.5 Å². The highest BCUT2D eigenvalue weighted by Gasteiger charge is 2.47. The van der Waals surface area contributed by atoms with Crippen molar-refractivity contribution in [2.45, 2.75) is 32.6 Å². The fourth-order valence-electron chi connectivity index (χ4n) is 4.82. The van der Waals surface area contributed by atoms with Crippen molar-refractivity contribution in [1.29, 1.82) is 0 Å². The van der Waals surface area contributed by atoms with Gasteiger partial charge in [-0.2, -0.15) is 0 Å². The molecule has 2 fully saturated rings. The van der Waals surface area contributed by atoms with Gasteiger partial charge in [0.2, 0.25) is 11.8 Å². The molecular formula is C25H29FN2O2. The highest BCUT2D eigenvalue weighted by atomic mass is 19.1. The van der Waals surface area contributed by atoms with Crippen molar-refractivity contribution in [2.24, 2.45) is 17.3 Å². The Morgan fingerprint density at radius 1 is 1.17 bits per heavy atom. The van der Waals surface area contributed by atoms with Crippen LogP contribution >= 0.6 is 0 Å². The minimum atomic E-state index is -0.638. The van der Waals surface area contributed by atoms with Crippen molar-refractivity contribution in [1.82, 2.24) is 10.2 Å². The first-order chi connectivity index (χ1) is 14.4. The molecule has 0 bridgehead atoms. The standard InChI is InChI=1S/C25H29FN2O2/c1-17-12-22(17)23(29)28-11-5-10-25(16-28,24(30)27-2)15-18-6-3-7-19(13-18)20-8-4-9-21(26)14-20/h3-4,6-9,13-14,17,22H,5,10-12,15-16H2,1-2H3,(H,27,30)/t17-,22-,25+/m1/s1. The molecule has 1 saturated heterocycles. The zero-order valence-corrected chi connectivity index (χ0v) is 17.7. The number of halogens is 1. The molecule has 2 aliphatic rings. The molecular weight excluding hydrogens is 379 g/mol. The van der Waals surface area contributed by atoms with Gasteiger partial charge in [0, 0.05) is 26.1 Å². The monoisotopic (exact) mass is 408 g/mol. The summed E-state index contributed by atoms with van der Waals surface area (Å²) < 4.78 is 13.7. The minimum absolute atomic E-state index is 0.0139. The first-order valence-electron chi connectivity index (χ1n) is 10.8. The van der Waals surface area contributed by atoms with E-state index in [1.807, 2.05) is 35.2 Å². The van der Waals surface area contributed by atoms with Gasteiger partial charge < -0.3 is 10.2 Å². The third kappa shape index (κ3) is 4.11. The van der Waals surface area contributed by atoms with Gasteiger partial charge in [0.25, 0.3) is 0 Å². The Bertz CT molecular complexity index is 960. The molecule has 0 radical (unpaired) electrons. The number of carbonyl (C=O) groups is 2. The fourth-order valence-corrected chi connectivity index (χ4v) is 4.82. The van der Waals surface area contributed by atoms with Gasteiger partial charge in [-0.15, -0.1) is 0 Å². The lowest BCUT2D eigenvalue weighted by atomic mass is 9.74. The molecule has 30 heavy (non-hydrogen) atoms. The number of amides is 2. The van der Waals surface area contributed by atoms with Crippen LogP contribution in [-0.4, -0.2) is 36.9 Å². The van der Waals surface area contributed by atoms with E-state index in [9.17, 15) is 14.0 Å². The molecule has 0 unspecified atom stereocenters. The van der Waals surface area contributed by atoms with Crippen LogP contribution in [0.1, 0.15) is 31.7 Å². The SMILES string of the molecule is CNC(=O)[C@]1(Cc2cccc(-c3cccc(F)c3)c2)CCCN(C(=O)[C@@H]2C[C@H]2C)C1. The number of likely N-dealkylation sites (tertiary alicyclic amines) is 1. The number of hydrogen-bond donors (Lipinski definition) is 1. The lowest BCUT2D eigenvalue weighted by Gasteiger charge is -2.42. The average Bonchev–Trinajstić information content (AvgIpc) is 3.49. The normalized spacial score (nSPS) is 25.6. The quantitative estimate of drug-likeness (QED) is 0.812. The molecule has 0 spiro atoms. The number of carbonyl (C=O) groups excluding carboxylic acids is 2. The van der Waals surface area contributed by atoms with Crippen LogP contribution in [0.4, 0.5) is 4.39 Å². The maximum Gasteiger partial charge on any atom is 0.228 e. The van der Waals surface area contributed by atoms with Crippen LogP contribution in [0.3, 0.4) is 0 Å². The smallest absolute Gasteiger partial charge is 0.228 e. The van der Waals surface area contributed by atoms with Crippen molar-refractivity contribution >= 4 is 11.8 Å². The summed E-state index contributed by atoms with van der Waals surface area (Å²) in [6.07, 6.45) is 3.09. The van der Waals surface area contributed by atoms with E-state index in [4.69, 9.17) is 0 Å². The predicted octanol–water partition coefficient (Wildman–Crippen LogP) is 4.05. The van der Waals surface area contributed by atoms with E-state index >= 15 is 0 Å². The molecule has 0 aromatic heterocycles. The molecule has 3 atom stereocenters. The van der Waals surface area contributed by atoms with Gasteiger partial charge in [-0.05, 0) is 60.4 Å². The van der Waals surface area contributed by atoms with E-state index in [2.05, 4.69) is 12.2 Å². The molecule has 4 nitrogen and oxygen atoms in total. The number of piperidine rings is 1. The molecule has 5 heteroatoms. The molecule has 1 heterocycles. The van der Waals surface area contributed by atoms with Crippen LogP contribution in [0.25, 0.3) is 11.1 Å². The summed E-state index contributed by atoms with van der Waals surface area (Å²) in [5.74, 6) is 0.498. The summed E-state index contributed by atoms with van der Waals surface area (Å²) in [6.45, 7) is 3.29. The summed E-state index contributed by atoms with van der Waals surface area (Å²) in [5, 5.41) is 2.84. The number of benzene rings is 2. The van der Waals surface area contributed by atoms with Crippen LogP contribution in [-0.2, 0) is 16.0 Å². The van der Waals surface area contributed by atoms with E-state index in [0.29, 0.717) is 18.9 Å². The summed E-state index contributed by atoms with van der Waals surface area (Å²) in [4.78, 5) is 27.8. The Morgan fingerprint density at radius 2 is 1.87 bits per heavy atom. The summed E-state index contributed by atoms with van der Waals surface area (Å²) >= 11 is 0. The maximum atomic E-state index is 13.7. The second-order valence-electron chi connectivity index (χ2n) is 8.93. The van der Waals surface area contributed by atoms with E-state index in [1.165, 1.54) is 12.1 Å². The lowest BCUT2D eigenvalue weighted by molar-refractivity contribution is -0.142. The van der Waals surface area contributed by atoms with Gasteiger partial charge >= 0.3 is 0 Å². The topological polar surface area (TPSA) is 49.4 Å². The predicted molar refractivity (Wildman–Crippen MR) is 115 cm³/mol. The van der Waals surface area contributed by atoms with Crippen LogP contribution < -0.4 is 5.32 Å². The molecule has 1 N–H and O–H groups in total. The number of nitrogens with zero attached hydrogens (tertiary/aromatic N) is 1. The van der Waals surface area contributed by atoms with Crippen molar-refractivity contribution in [3.8, 4) is 11.1 Å². The Hall–Kier alpha value is -2.69. The minimum Gasteiger partial charge on any atom is -0.359 e. The van der Waals surface area contributed by atoms with E-state index < -0.39 is 5.41 Å². The van der Waals surface area contributed by atoms with Gasteiger partial charge in [-0.3, -0.25) is 9.59 Å². The summed E-state index contributed by atoms with van der Waals surface area (Å²) in [5.41, 5.74) is 2.12. The maximum absolute atomic E-state index is 13.7. The zero-order valence-electron chi connectivity index (χ0n) is 17.7. The molecule has 1 aliphatic heterocycles. The van der Waals surface area contributed by atoms with Gasteiger partial charge in [0.05, 0.1) is 5.41 Å². The van der Waals surface area contributed by atoms with E-state index in [0.717, 1.165) is 42.5 Å². The zero-order chi connectivity index (χ0) is 21.3. The molecule has 4 rings (SSSR count). The van der Waals surface area contributed by atoms with Crippen molar-refractivity contribution < 1.29 is 14.0 Å². The number of hydrogen-bond acceptors (Lipinski definition) is 2. The third-order valence-corrected chi connectivity index (χ3v) is 6.65. The van der Waals surface area contributed by atoms with Crippen molar-refractivity contribution in [2.75, 3.05) is 20.1 Å². The molecule has 1 saturated carbocycles. The van der Waals surface area contributed by atoms with Gasteiger partial charge in [0.15, 0.2) is 0 Å². The third-order valence-electron chi connectivity index (χ3n) is 6.65. The van der Waals surface area contributed by atoms with E-state index in [-0.39, 0.29) is 23.5 Å². The molecule has 2 aromatic carbocycles. The molecule has 2 amide bonds. The van der Waals surface area contributed by atoms with Crippen molar-refractivity contribution in [3.05, 3.63) is 59.9 Å². The first-order valence-corrected chi connectivity index (χ1v) is 10.8. The lowest BCUT2D eigenvalue weighted by Crippen LogP contribution is -2.54. The number of rotatable bonds is 5. The highest BCUT2D eigenvalue weighted by Crippen LogP contribution is 2.42. The average molecular weight is 409 g/mol. The Kier molecular flexibility index (Phi) is 5.63. The van der Waals surface area contributed by atoms with E-state index in [1.54, 1.807) is 13.1 Å². The second-order valence-corrected chi connectivity index (χ2v) is 8.93. The van der Waals surface area contributed by atoms with Crippen LogP contribution in [0.5, 0.6) is 0 Å². The second kappa shape index (κ2) is 8.21. The Balaban J connectivity index is 1.60. The highest BCUT2D eigenvalue weighted by molar-refractivity contribution is 5.86. The fraction of sp³-hybridized carbons (Fsp3) is 0.440. The molecule has 1 aliphatic carbocycles. The Labute approximate surface area is 177 Å². The van der Waals surface area contributed by atoms with Crippen LogP contribution in [0.2, 0.25) is 0 Å². The summed E-state index contributed by atoms with van der Waals surface area (Å²) in [7, 11) is 1.66. The largest absolute Gasteiger partial charge is 0.359 e. The van der Waals surface area contributed by atoms with Gasteiger partial charge in [0.1, 0.15) is 5.82 Å². The van der Waals surface area contributed by atoms with Crippen molar-refractivity contribution in [3.63, 3.8) is 0 Å². The van der Waals surface area contributed by atoms with Gasteiger partial charge in [-0.1, -0.05) is 43.3 Å². The van der Waals surface area contributed by atoms with Gasteiger partial charge in [-0.25, -0.2) is 4.39 Å². The first kappa shape index (κ1) is 20.6. The molecule has 2 aromatic rings. The van der Waals surface area contributed by atoms with Crippen LogP contribution in [0, 0.1) is 23.1 Å². The number of nitrogens with one attached hydrogen (secondary N) is 1. The molecule has 158 valence electrons. The Morgan fingerprint density at radius 3 is 2.53 bits per heavy atom. The summed E-state index contributed by atoms with van der Waals surface area (Å²) in [6, 6.07) is 14.5.